The van der Waals surface area contributed by atoms with Gasteiger partial charge in [-0.05, 0) is 12.1 Å². The smallest absolute Gasteiger partial charge is 0.140 e. The zero-order chi connectivity index (χ0) is 9.54. The van der Waals surface area contributed by atoms with Gasteiger partial charge in [-0.2, -0.15) is 0 Å². The van der Waals surface area contributed by atoms with Crippen molar-refractivity contribution in [2.75, 3.05) is 12.0 Å². The highest BCUT2D eigenvalue weighted by atomic mass is 32.1. The van der Waals surface area contributed by atoms with Crippen LogP contribution in [0.3, 0.4) is 0 Å². The highest BCUT2D eigenvalue weighted by Gasteiger charge is 2.17. The Kier molecular flexibility index (Phi) is 1.49. The van der Waals surface area contributed by atoms with Crippen LogP contribution in [0.5, 0.6) is 0 Å². The van der Waals surface area contributed by atoms with Crippen molar-refractivity contribution >= 4 is 33.1 Å². The molecule has 3 heterocycles. The summed E-state index contributed by atoms with van der Waals surface area (Å²) >= 11 is 1.58. The lowest BCUT2D eigenvalue weighted by atomic mass is 10.2. The van der Waals surface area contributed by atoms with Gasteiger partial charge in [-0.1, -0.05) is 0 Å². The highest BCUT2D eigenvalue weighted by molar-refractivity contribution is 7.21. The minimum atomic E-state index is 0.555. The van der Waals surface area contributed by atoms with Crippen molar-refractivity contribution in [1.29, 1.82) is 0 Å². The van der Waals surface area contributed by atoms with E-state index in [0.717, 1.165) is 20.8 Å². The number of aliphatic imine (C=N–C) groups is 1. The standard InChI is InChI=1S/C9H8N4S/c10-8-7-6(12-4-13-8)5-2-1-3-11-9(5)14-7/h1-3,12H,4H2,(H2,10,13). The number of nitrogens with one attached hydrogen (secondary N) is 1. The van der Waals surface area contributed by atoms with Crippen LogP contribution in [-0.2, 0) is 0 Å². The highest BCUT2D eigenvalue weighted by Crippen LogP contribution is 2.35. The van der Waals surface area contributed by atoms with E-state index in [-0.39, 0.29) is 0 Å². The van der Waals surface area contributed by atoms with Gasteiger partial charge in [-0.25, -0.2) is 9.98 Å². The predicted molar refractivity (Wildman–Crippen MR) is 58.8 cm³/mol. The molecule has 0 amide bonds. The quantitative estimate of drug-likeness (QED) is 0.681. The fourth-order valence-electron chi connectivity index (χ4n) is 1.56. The fourth-order valence-corrected chi connectivity index (χ4v) is 2.60. The van der Waals surface area contributed by atoms with Crippen LogP contribution in [0.2, 0.25) is 0 Å². The normalized spacial score (nSPS) is 14.7. The predicted octanol–water partition coefficient (Wildman–Crippen LogP) is 1.38. The molecule has 0 atom stereocenters. The lowest BCUT2D eigenvalue weighted by molar-refractivity contribution is 1.12. The minimum Gasteiger partial charge on any atom is -0.383 e. The minimum absolute atomic E-state index is 0.555. The number of anilines is 1. The molecule has 0 unspecified atom stereocenters. The number of pyridine rings is 1. The maximum absolute atomic E-state index is 5.80. The van der Waals surface area contributed by atoms with Crippen molar-refractivity contribution in [2.24, 2.45) is 10.7 Å². The fraction of sp³-hybridized carbons (Fsp3) is 0.111. The molecule has 70 valence electrons. The molecule has 0 aliphatic carbocycles. The number of rotatable bonds is 0. The molecule has 2 aromatic heterocycles. The van der Waals surface area contributed by atoms with Gasteiger partial charge >= 0.3 is 0 Å². The third-order valence-electron chi connectivity index (χ3n) is 2.20. The van der Waals surface area contributed by atoms with Gasteiger partial charge in [0, 0.05) is 11.6 Å². The number of nitrogens with zero attached hydrogens (tertiary/aromatic N) is 2. The zero-order valence-corrected chi connectivity index (χ0v) is 8.14. The number of thiophene rings is 1. The van der Waals surface area contributed by atoms with Crippen molar-refractivity contribution in [1.82, 2.24) is 4.98 Å². The van der Waals surface area contributed by atoms with Crippen LogP contribution >= 0.6 is 11.3 Å². The van der Waals surface area contributed by atoms with Gasteiger partial charge in [0.1, 0.15) is 17.3 Å². The number of aromatic nitrogens is 1. The van der Waals surface area contributed by atoms with Gasteiger partial charge < -0.3 is 11.1 Å². The first-order chi connectivity index (χ1) is 6.86. The molecule has 0 saturated heterocycles. The van der Waals surface area contributed by atoms with Gasteiger partial charge in [0.15, 0.2) is 0 Å². The summed E-state index contributed by atoms with van der Waals surface area (Å²) in [6.45, 7) is 0.555. The topological polar surface area (TPSA) is 63.3 Å². The Balaban J connectivity index is 2.40. The molecule has 2 aromatic rings. The molecule has 5 heteroatoms. The van der Waals surface area contributed by atoms with Crippen molar-refractivity contribution in [2.45, 2.75) is 0 Å². The molecule has 4 nitrogen and oxygen atoms in total. The summed E-state index contributed by atoms with van der Waals surface area (Å²) in [5.74, 6) is 0.613. The van der Waals surface area contributed by atoms with E-state index in [1.807, 2.05) is 12.1 Å². The Hall–Kier alpha value is -1.62. The SMILES string of the molecule is NC1=NCNc2c1sc1ncccc21. The largest absolute Gasteiger partial charge is 0.383 e. The molecular formula is C9H8N4S. The number of amidine groups is 1. The van der Waals surface area contributed by atoms with Gasteiger partial charge in [0.2, 0.25) is 0 Å². The van der Waals surface area contributed by atoms with Gasteiger partial charge in [0.25, 0.3) is 0 Å². The van der Waals surface area contributed by atoms with Crippen LogP contribution < -0.4 is 11.1 Å². The van der Waals surface area contributed by atoms with Crippen molar-refractivity contribution in [3.8, 4) is 0 Å². The first kappa shape index (κ1) is 7.75. The molecule has 1 aliphatic rings. The second kappa shape index (κ2) is 2.68. The average Bonchev–Trinajstić information content (AvgIpc) is 2.59. The van der Waals surface area contributed by atoms with Crippen molar-refractivity contribution < 1.29 is 0 Å². The molecule has 14 heavy (non-hydrogen) atoms. The van der Waals surface area contributed by atoms with Gasteiger partial charge in [0.05, 0.1) is 10.6 Å². The average molecular weight is 204 g/mol. The first-order valence-electron chi connectivity index (χ1n) is 4.28. The summed E-state index contributed by atoms with van der Waals surface area (Å²) in [6.07, 6.45) is 1.79. The number of nitrogens with two attached hydrogens (primary N) is 1. The van der Waals surface area contributed by atoms with Crippen LogP contribution in [-0.4, -0.2) is 17.5 Å². The Morgan fingerprint density at radius 3 is 3.36 bits per heavy atom. The van der Waals surface area contributed by atoms with E-state index in [0.29, 0.717) is 12.5 Å². The molecule has 0 spiro atoms. The molecule has 3 rings (SSSR count). The zero-order valence-electron chi connectivity index (χ0n) is 7.32. The monoisotopic (exact) mass is 204 g/mol. The molecule has 3 N–H and O–H groups in total. The first-order valence-corrected chi connectivity index (χ1v) is 5.09. The molecular weight excluding hydrogens is 196 g/mol. The number of hydrogen-bond acceptors (Lipinski definition) is 5. The van der Waals surface area contributed by atoms with Crippen LogP contribution in [0.4, 0.5) is 5.69 Å². The summed E-state index contributed by atoms with van der Waals surface area (Å²) in [5, 5.41) is 4.35. The summed E-state index contributed by atoms with van der Waals surface area (Å²) in [7, 11) is 0. The van der Waals surface area contributed by atoms with E-state index in [9.17, 15) is 0 Å². The van der Waals surface area contributed by atoms with E-state index in [4.69, 9.17) is 5.73 Å². The third-order valence-corrected chi connectivity index (χ3v) is 3.34. The van der Waals surface area contributed by atoms with Crippen LogP contribution in [0.15, 0.2) is 23.3 Å². The van der Waals surface area contributed by atoms with E-state index < -0.39 is 0 Å². The Morgan fingerprint density at radius 1 is 1.50 bits per heavy atom. The van der Waals surface area contributed by atoms with Gasteiger partial charge in [-0.15, -0.1) is 11.3 Å². The van der Waals surface area contributed by atoms with E-state index >= 15 is 0 Å². The molecule has 1 aliphatic heterocycles. The molecule has 0 saturated carbocycles. The number of hydrogen-bond donors (Lipinski definition) is 2. The van der Waals surface area contributed by atoms with Crippen molar-refractivity contribution in [3.63, 3.8) is 0 Å². The Bertz CT molecular complexity index is 529. The molecule has 0 radical (unpaired) electrons. The lowest BCUT2D eigenvalue weighted by Crippen LogP contribution is -2.20. The number of fused-ring (bicyclic) bond motifs is 3. The maximum Gasteiger partial charge on any atom is 0.140 e. The summed E-state index contributed by atoms with van der Waals surface area (Å²) in [4.78, 5) is 10.4. The van der Waals surface area contributed by atoms with E-state index in [2.05, 4.69) is 15.3 Å². The summed E-state index contributed by atoms with van der Waals surface area (Å²) in [5.41, 5.74) is 6.88. The van der Waals surface area contributed by atoms with Crippen LogP contribution in [0, 0.1) is 0 Å². The maximum atomic E-state index is 5.80. The third kappa shape index (κ3) is 0.927. The molecule has 0 fully saturated rings. The summed E-state index contributed by atoms with van der Waals surface area (Å²) < 4.78 is 0. The second-order valence-electron chi connectivity index (χ2n) is 3.04. The Morgan fingerprint density at radius 2 is 2.43 bits per heavy atom. The Labute approximate surface area is 84.5 Å². The van der Waals surface area contributed by atoms with E-state index in [1.54, 1.807) is 17.5 Å². The van der Waals surface area contributed by atoms with Crippen LogP contribution in [0.1, 0.15) is 4.88 Å². The molecule has 0 bridgehead atoms. The van der Waals surface area contributed by atoms with Crippen LogP contribution in [0.25, 0.3) is 10.2 Å². The lowest BCUT2D eigenvalue weighted by Gasteiger charge is -2.11. The second-order valence-corrected chi connectivity index (χ2v) is 4.04. The van der Waals surface area contributed by atoms with Gasteiger partial charge in [-0.3, -0.25) is 0 Å². The molecule has 0 aromatic carbocycles. The van der Waals surface area contributed by atoms with Crippen molar-refractivity contribution in [3.05, 3.63) is 23.2 Å². The summed E-state index contributed by atoms with van der Waals surface area (Å²) in [6, 6.07) is 3.97. The van der Waals surface area contributed by atoms with E-state index in [1.165, 1.54) is 0 Å².